The second-order valence-electron chi connectivity index (χ2n) is 3.27. The minimum Gasteiger partial charge on any atom is -0.458 e. The molecule has 0 saturated heterocycles. The highest BCUT2D eigenvalue weighted by molar-refractivity contribution is 6.01. The summed E-state index contributed by atoms with van der Waals surface area (Å²) < 4.78 is 10.3. The second kappa shape index (κ2) is 4.18. The lowest BCUT2D eigenvalue weighted by molar-refractivity contribution is 0.0552. The Hall–Kier alpha value is -2.10. The molecule has 0 radical (unpaired) electrons. The molecule has 0 saturated carbocycles. The molecule has 0 spiro atoms. The van der Waals surface area contributed by atoms with E-state index >= 15 is 0 Å². The average molecular weight is 217 g/mol. The molecule has 0 aliphatic carbocycles. The molecule has 2 aromatic rings. The Balaban J connectivity index is 2.43. The van der Waals surface area contributed by atoms with E-state index in [0.717, 1.165) is 0 Å². The third kappa shape index (κ3) is 1.82. The van der Waals surface area contributed by atoms with E-state index in [-0.39, 0.29) is 6.61 Å². The molecule has 1 aromatic heterocycles. The molecule has 0 amide bonds. The third-order valence-corrected chi connectivity index (χ3v) is 2.08. The first-order chi connectivity index (χ1) is 7.72. The lowest BCUT2D eigenvalue weighted by Gasteiger charge is -2.01. The maximum atomic E-state index is 11.7. The molecule has 16 heavy (non-hydrogen) atoms. The number of carbonyl (C=O) groups excluding carboxylic acids is 1. The fraction of sp³-hybridized carbons (Fsp3) is 0.167. The van der Waals surface area contributed by atoms with Crippen molar-refractivity contribution in [3.05, 3.63) is 42.3 Å². The molecular formula is C12H11NO3. The number of hydrogen-bond donors (Lipinski definition) is 0. The minimum atomic E-state index is -0.418. The fourth-order valence-electron chi connectivity index (χ4n) is 1.44. The topological polar surface area (TPSA) is 52.3 Å². The van der Waals surface area contributed by atoms with E-state index in [0.29, 0.717) is 22.6 Å². The van der Waals surface area contributed by atoms with Crippen LogP contribution in [0.3, 0.4) is 0 Å². The van der Waals surface area contributed by atoms with Crippen molar-refractivity contribution in [2.75, 3.05) is 6.61 Å². The SMILES string of the molecule is C=CCOC(=O)c1cccc2oc(C)nc12. The lowest BCUT2D eigenvalue weighted by atomic mass is 10.2. The van der Waals surface area contributed by atoms with Gasteiger partial charge in [-0.25, -0.2) is 9.78 Å². The van der Waals surface area contributed by atoms with Gasteiger partial charge in [-0.1, -0.05) is 18.7 Å². The number of oxazole rings is 1. The van der Waals surface area contributed by atoms with E-state index < -0.39 is 5.97 Å². The molecular weight excluding hydrogens is 206 g/mol. The van der Waals surface area contributed by atoms with Crippen LogP contribution in [0.5, 0.6) is 0 Å². The summed E-state index contributed by atoms with van der Waals surface area (Å²) in [5.74, 6) is 0.109. The second-order valence-corrected chi connectivity index (χ2v) is 3.27. The predicted octanol–water partition coefficient (Wildman–Crippen LogP) is 2.48. The molecule has 0 N–H and O–H groups in total. The van der Waals surface area contributed by atoms with Gasteiger partial charge in [-0.2, -0.15) is 0 Å². The number of carbonyl (C=O) groups is 1. The van der Waals surface area contributed by atoms with Gasteiger partial charge in [-0.3, -0.25) is 0 Å². The van der Waals surface area contributed by atoms with E-state index in [4.69, 9.17) is 9.15 Å². The fourth-order valence-corrected chi connectivity index (χ4v) is 1.44. The Kier molecular flexibility index (Phi) is 2.72. The van der Waals surface area contributed by atoms with Crippen LogP contribution in [0.2, 0.25) is 0 Å². The maximum Gasteiger partial charge on any atom is 0.340 e. The summed E-state index contributed by atoms with van der Waals surface area (Å²) in [5, 5.41) is 0. The predicted molar refractivity (Wildman–Crippen MR) is 59.2 cm³/mol. The number of fused-ring (bicyclic) bond motifs is 1. The van der Waals surface area contributed by atoms with E-state index in [1.165, 1.54) is 6.08 Å². The molecule has 0 aliphatic rings. The van der Waals surface area contributed by atoms with Crippen LogP contribution in [-0.2, 0) is 4.74 Å². The van der Waals surface area contributed by atoms with Crippen molar-refractivity contribution in [1.29, 1.82) is 0 Å². The van der Waals surface area contributed by atoms with Crippen molar-refractivity contribution in [1.82, 2.24) is 4.98 Å². The van der Waals surface area contributed by atoms with Crippen LogP contribution in [0.15, 0.2) is 35.3 Å². The number of ether oxygens (including phenoxy) is 1. The summed E-state index contributed by atoms with van der Waals surface area (Å²) in [4.78, 5) is 15.8. The number of esters is 1. The zero-order valence-corrected chi connectivity index (χ0v) is 8.90. The summed E-state index contributed by atoms with van der Waals surface area (Å²) in [6.07, 6.45) is 1.52. The van der Waals surface area contributed by atoms with Crippen LogP contribution in [0, 0.1) is 6.92 Å². The van der Waals surface area contributed by atoms with Gasteiger partial charge in [0.1, 0.15) is 12.1 Å². The van der Waals surface area contributed by atoms with Gasteiger partial charge < -0.3 is 9.15 Å². The van der Waals surface area contributed by atoms with Gasteiger partial charge in [-0.05, 0) is 12.1 Å². The normalized spacial score (nSPS) is 10.3. The molecule has 0 atom stereocenters. The highest BCUT2D eigenvalue weighted by Crippen LogP contribution is 2.19. The molecule has 4 heteroatoms. The van der Waals surface area contributed by atoms with Crippen LogP contribution in [0.1, 0.15) is 16.2 Å². The Morgan fingerprint density at radius 1 is 1.62 bits per heavy atom. The molecule has 0 bridgehead atoms. The first kappa shape index (κ1) is 10.4. The van der Waals surface area contributed by atoms with Gasteiger partial charge in [0.15, 0.2) is 11.5 Å². The molecule has 82 valence electrons. The first-order valence-corrected chi connectivity index (χ1v) is 4.86. The van der Waals surface area contributed by atoms with Gasteiger partial charge in [-0.15, -0.1) is 0 Å². The van der Waals surface area contributed by atoms with Crippen molar-refractivity contribution in [2.45, 2.75) is 6.92 Å². The van der Waals surface area contributed by atoms with Gasteiger partial charge in [0, 0.05) is 6.92 Å². The Morgan fingerprint density at radius 2 is 2.44 bits per heavy atom. The summed E-state index contributed by atoms with van der Waals surface area (Å²) >= 11 is 0. The summed E-state index contributed by atoms with van der Waals surface area (Å²) in [6.45, 7) is 5.40. The molecule has 0 unspecified atom stereocenters. The minimum absolute atomic E-state index is 0.187. The lowest BCUT2D eigenvalue weighted by Crippen LogP contribution is -2.05. The van der Waals surface area contributed by atoms with Crippen LogP contribution in [0.4, 0.5) is 0 Å². The molecule has 1 heterocycles. The molecule has 4 nitrogen and oxygen atoms in total. The van der Waals surface area contributed by atoms with Crippen LogP contribution >= 0.6 is 0 Å². The Labute approximate surface area is 92.5 Å². The zero-order chi connectivity index (χ0) is 11.5. The van der Waals surface area contributed by atoms with Crippen LogP contribution < -0.4 is 0 Å². The summed E-state index contributed by atoms with van der Waals surface area (Å²) in [5.41, 5.74) is 1.54. The largest absolute Gasteiger partial charge is 0.458 e. The number of benzene rings is 1. The van der Waals surface area contributed by atoms with Crippen molar-refractivity contribution in [3.63, 3.8) is 0 Å². The molecule has 0 fully saturated rings. The van der Waals surface area contributed by atoms with Crippen LogP contribution in [0.25, 0.3) is 11.1 Å². The molecule has 0 aliphatic heterocycles. The van der Waals surface area contributed by atoms with Gasteiger partial charge in [0.05, 0.1) is 5.56 Å². The summed E-state index contributed by atoms with van der Waals surface area (Å²) in [7, 11) is 0. The maximum absolute atomic E-state index is 11.7. The van der Waals surface area contributed by atoms with Crippen molar-refractivity contribution >= 4 is 17.1 Å². The van der Waals surface area contributed by atoms with Gasteiger partial charge in [0.2, 0.25) is 0 Å². The highest BCUT2D eigenvalue weighted by Gasteiger charge is 2.14. The van der Waals surface area contributed by atoms with Gasteiger partial charge >= 0.3 is 5.97 Å². The number of hydrogen-bond acceptors (Lipinski definition) is 4. The first-order valence-electron chi connectivity index (χ1n) is 4.86. The number of aryl methyl sites for hydroxylation is 1. The van der Waals surface area contributed by atoms with Crippen molar-refractivity contribution in [3.8, 4) is 0 Å². The Bertz CT molecular complexity index is 542. The third-order valence-electron chi connectivity index (χ3n) is 2.08. The molecule has 1 aromatic carbocycles. The number of para-hydroxylation sites is 1. The summed E-state index contributed by atoms with van der Waals surface area (Å²) in [6, 6.07) is 5.16. The van der Waals surface area contributed by atoms with E-state index in [1.54, 1.807) is 25.1 Å². The Morgan fingerprint density at radius 3 is 3.19 bits per heavy atom. The van der Waals surface area contributed by atoms with Gasteiger partial charge in [0.25, 0.3) is 0 Å². The van der Waals surface area contributed by atoms with Crippen LogP contribution in [-0.4, -0.2) is 17.6 Å². The monoisotopic (exact) mass is 217 g/mol. The number of aromatic nitrogens is 1. The zero-order valence-electron chi connectivity index (χ0n) is 8.90. The average Bonchev–Trinajstić information content (AvgIpc) is 2.65. The standard InChI is InChI=1S/C12H11NO3/c1-3-7-15-12(14)9-5-4-6-10-11(9)13-8(2)16-10/h3-6H,1,7H2,2H3. The van der Waals surface area contributed by atoms with E-state index in [2.05, 4.69) is 11.6 Å². The quantitative estimate of drug-likeness (QED) is 0.585. The number of rotatable bonds is 3. The number of nitrogens with zero attached hydrogens (tertiary/aromatic N) is 1. The van der Waals surface area contributed by atoms with Crippen molar-refractivity contribution < 1.29 is 13.9 Å². The van der Waals surface area contributed by atoms with E-state index in [9.17, 15) is 4.79 Å². The highest BCUT2D eigenvalue weighted by atomic mass is 16.5. The van der Waals surface area contributed by atoms with Crippen molar-refractivity contribution in [2.24, 2.45) is 0 Å². The smallest absolute Gasteiger partial charge is 0.340 e. The molecule has 2 rings (SSSR count). The van der Waals surface area contributed by atoms with E-state index in [1.807, 2.05) is 0 Å².